The Bertz CT molecular complexity index is 950. The number of benzene rings is 2. The first-order chi connectivity index (χ1) is 15.2. The number of amides is 2. The molecule has 1 heterocycles. The summed E-state index contributed by atoms with van der Waals surface area (Å²) in [7, 11) is 1.61. The van der Waals surface area contributed by atoms with Crippen LogP contribution < -0.4 is 19.5 Å². The van der Waals surface area contributed by atoms with Crippen molar-refractivity contribution >= 4 is 11.8 Å². The van der Waals surface area contributed by atoms with Crippen molar-refractivity contribution in [3.8, 4) is 17.2 Å². The Morgan fingerprint density at radius 2 is 1.72 bits per heavy atom. The summed E-state index contributed by atoms with van der Waals surface area (Å²) < 4.78 is 16.0. The molecule has 2 aromatic carbocycles. The molecule has 0 saturated carbocycles. The van der Waals surface area contributed by atoms with Gasteiger partial charge in [-0.05, 0) is 69.5 Å². The van der Waals surface area contributed by atoms with Crippen LogP contribution in [0, 0.1) is 0 Å². The number of nitrogens with one attached hydrogen (secondary N) is 1. The Morgan fingerprint density at radius 1 is 1.06 bits per heavy atom. The molecule has 0 radical (unpaired) electrons. The van der Waals surface area contributed by atoms with E-state index in [1.54, 1.807) is 18.9 Å². The minimum atomic E-state index is -0.611. The molecule has 0 fully saturated rings. The van der Waals surface area contributed by atoms with Crippen LogP contribution >= 0.6 is 0 Å². The molecule has 1 aliphatic rings. The van der Waals surface area contributed by atoms with Gasteiger partial charge in [0, 0.05) is 18.5 Å². The van der Waals surface area contributed by atoms with Crippen molar-refractivity contribution in [1.29, 1.82) is 0 Å². The van der Waals surface area contributed by atoms with Gasteiger partial charge in [0.25, 0.3) is 0 Å². The number of ether oxygens (including phenoxy) is 3. The highest BCUT2D eigenvalue weighted by molar-refractivity contribution is 5.87. The molecule has 0 unspecified atom stereocenters. The molecule has 1 N–H and O–H groups in total. The number of carbonyl (C=O) groups is 2. The Labute approximate surface area is 189 Å². The van der Waals surface area contributed by atoms with Gasteiger partial charge in [0.1, 0.15) is 11.8 Å². The predicted molar refractivity (Wildman–Crippen MR) is 122 cm³/mol. The Kier molecular flexibility index (Phi) is 7.28. The summed E-state index contributed by atoms with van der Waals surface area (Å²) in [6, 6.07) is 12.6. The van der Waals surface area contributed by atoms with E-state index in [0.717, 1.165) is 16.9 Å². The van der Waals surface area contributed by atoms with Crippen molar-refractivity contribution in [3.63, 3.8) is 0 Å². The highest BCUT2D eigenvalue weighted by atomic mass is 16.7. The van der Waals surface area contributed by atoms with Crippen LogP contribution in [-0.4, -0.2) is 42.2 Å². The summed E-state index contributed by atoms with van der Waals surface area (Å²) in [5.41, 5.74) is 1.53. The summed E-state index contributed by atoms with van der Waals surface area (Å²) in [5, 5.41) is 2.98. The minimum Gasteiger partial charge on any atom is -0.497 e. The third-order valence-corrected chi connectivity index (χ3v) is 5.24. The molecule has 0 bridgehead atoms. The summed E-state index contributed by atoms with van der Waals surface area (Å²) in [5.74, 6) is 1.89. The smallest absolute Gasteiger partial charge is 0.242 e. The van der Waals surface area contributed by atoms with Crippen LogP contribution in [0.1, 0.15) is 45.2 Å². The number of rotatable bonds is 8. The van der Waals surface area contributed by atoms with Gasteiger partial charge in [-0.3, -0.25) is 9.59 Å². The topological polar surface area (TPSA) is 77.1 Å². The van der Waals surface area contributed by atoms with Gasteiger partial charge in [0.05, 0.1) is 7.11 Å². The highest BCUT2D eigenvalue weighted by Crippen LogP contribution is 2.32. The molecule has 172 valence electrons. The van der Waals surface area contributed by atoms with Crippen LogP contribution in [0.5, 0.6) is 17.2 Å². The standard InChI is InChI=1S/C25H32N2O5/c1-17(24(29)26-25(2,3)4)27(15-19-6-10-20(30-5)11-7-19)23(28)13-9-18-8-12-21-22(14-18)32-16-31-21/h6-8,10-12,14,17H,9,13,15-16H2,1-5H3,(H,26,29)/t17-/m1/s1. The summed E-state index contributed by atoms with van der Waals surface area (Å²) in [6.07, 6.45) is 0.825. The molecule has 0 spiro atoms. The van der Waals surface area contributed by atoms with Crippen molar-refractivity contribution in [2.24, 2.45) is 0 Å². The summed E-state index contributed by atoms with van der Waals surface area (Å²) >= 11 is 0. The van der Waals surface area contributed by atoms with E-state index in [-0.39, 0.29) is 30.6 Å². The van der Waals surface area contributed by atoms with E-state index >= 15 is 0 Å². The normalized spacial score (nSPS) is 13.4. The third kappa shape index (κ3) is 6.15. The number of aryl methyl sites for hydroxylation is 1. The number of nitrogens with zero attached hydrogens (tertiary/aromatic N) is 1. The van der Waals surface area contributed by atoms with Crippen LogP contribution in [0.4, 0.5) is 0 Å². The van der Waals surface area contributed by atoms with E-state index in [4.69, 9.17) is 14.2 Å². The van der Waals surface area contributed by atoms with Crippen LogP contribution in [0.2, 0.25) is 0 Å². The van der Waals surface area contributed by atoms with Gasteiger partial charge in [-0.25, -0.2) is 0 Å². The molecular weight excluding hydrogens is 408 g/mol. The minimum absolute atomic E-state index is 0.0879. The van der Waals surface area contributed by atoms with E-state index in [9.17, 15) is 9.59 Å². The molecule has 2 aromatic rings. The van der Waals surface area contributed by atoms with Gasteiger partial charge < -0.3 is 24.4 Å². The van der Waals surface area contributed by atoms with E-state index in [0.29, 0.717) is 24.5 Å². The van der Waals surface area contributed by atoms with Crippen LogP contribution in [0.15, 0.2) is 42.5 Å². The summed E-state index contributed by atoms with van der Waals surface area (Å²) in [6.45, 7) is 8.09. The van der Waals surface area contributed by atoms with Crippen molar-refractivity contribution < 1.29 is 23.8 Å². The number of fused-ring (bicyclic) bond motifs is 1. The summed E-state index contributed by atoms with van der Waals surface area (Å²) in [4.78, 5) is 27.7. The largest absolute Gasteiger partial charge is 0.497 e. The lowest BCUT2D eigenvalue weighted by Gasteiger charge is -2.31. The van der Waals surface area contributed by atoms with Gasteiger partial charge >= 0.3 is 0 Å². The molecule has 32 heavy (non-hydrogen) atoms. The van der Waals surface area contributed by atoms with Crippen LogP contribution in [0.25, 0.3) is 0 Å². The zero-order chi connectivity index (χ0) is 23.3. The van der Waals surface area contributed by atoms with Crippen LogP contribution in [-0.2, 0) is 22.6 Å². The maximum Gasteiger partial charge on any atom is 0.242 e. The SMILES string of the molecule is COc1ccc(CN(C(=O)CCc2ccc3c(c2)OCO3)[C@H](C)C(=O)NC(C)(C)C)cc1. The number of methoxy groups -OCH3 is 1. The van der Waals surface area contributed by atoms with E-state index in [1.807, 2.05) is 63.2 Å². The van der Waals surface area contributed by atoms with Crippen molar-refractivity contribution in [3.05, 3.63) is 53.6 Å². The number of hydrogen-bond acceptors (Lipinski definition) is 5. The molecule has 1 atom stereocenters. The monoisotopic (exact) mass is 440 g/mol. The number of carbonyl (C=O) groups excluding carboxylic acids is 2. The van der Waals surface area contributed by atoms with Gasteiger partial charge in [-0.2, -0.15) is 0 Å². The molecule has 0 saturated heterocycles. The first-order valence-corrected chi connectivity index (χ1v) is 10.8. The second-order valence-corrected chi connectivity index (χ2v) is 8.97. The third-order valence-electron chi connectivity index (χ3n) is 5.24. The van der Waals surface area contributed by atoms with Gasteiger partial charge in [0.2, 0.25) is 18.6 Å². The second-order valence-electron chi connectivity index (χ2n) is 8.97. The maximum absolute atomic E-state index is 13.3. The quantitative estimate of drug-likeness (QED) is 0.678. The van der Waals surface area contributed by atoms with Crippen LogP contribution in [0.3, 0.4) is 0 Å². The molecule has 0 aromatic heterocycles. The highest BCUT2D eigenvalue weighted by Gasteiger charge is 2.28. The fourth-order valence-electron chi connectivity index (χ4n) is 3.48. The zero-order valence-electron chi connectivity index (χ0n) is 19.4. The average Bonchev–Trinajstić information content (AvgIpc) is 3.22. The maximum atomic E-state index is 13.3. The second kappa shape index (κ2) is 9.94. The molecule has 3 rings (SSSR count). The Hall–Kier alpha value is -3.22. The van der Waals surface area contributed by atoms with Crippen molar-refractivity contribution in [2.45, 2.75) is 58.7 Å². The molecule has 0 aliphatic carbocycles. The van der Waals surface area contributed by atoms with E-state index < -0.39 is 6.04 Å². The molecule has 7 heteroatoms. The lowest BCUT2D eigenvalue weighted by Crippen LogP contribution is -2.52. The fraction of sp³-hybridized carbons (Fsp3) is 0.440. The molecule has 1 aliphatic heterocycles. The molecule has 7 nitrogen and oxygen atoms in total. The number of hydrogen-bond donors (Lipinski definition) is 1. The first-order valence-electron chi connectivity index (χ1n) is 10.8. The van der Waals surface area contributed by atoms with Gasteiger partial charge in [-0.1, -0.05) is 18.2 Å². The molecular formula is C25H32N2O5. The predicted octanol–water partition coefficient (Wildman–Crippen LogP) is 3.69. The van der Waals surface area contributed by atoms with Gasteiger partial charge in [0.15, 0.2) is 11.5 Å². The lowest BCUT2D eigenvalue weighted by atomic mass is 10.1. The Balaban J connectivity index is 1.73. The van der Waals surface area contributed by atoms with Crippen molar-refractivity contribution in [1.82, 2.24) is 10.2 Å². The van der Waals surface area contributed by atoms with Crippen molar-refractivity contribution in [2.75, 3.05) is 13.9 Å². The fourth-order valence-corrected chi connectivity index (χ4v) is 3.48. The van der Waals surface area contributed by atoms with E-state index in [2.05, 4.69) is 5.32 Å². The lowest BCUT2D eigenvalue weighted by molar-refractivity contribution is -0.141. The van der Waals surface area contributed by atoms with E-state index in [1.165, 1.54) is 0 Å². The van der Waals surface area contributed by atoms with Gasteiger partial charge in [-0.15, -0.1) is 0 Å². The zero-order valence-corrected chi connectivity index (χ0v) is 19.4. The average molecular weight is 441 g/mol. The Morgan fingerprint density at radius 3 is 2.38 bits per heavy atom. The first kappa shape index (κ1) is 23.4. The molecule has 2 amide bonds.